The summed E-state index contributed by atoms with van der Waals surface area (Å²) in [6, 6.07) is 13.1. The molecule has 1 fully saturated rings. The number of imidazole rings is 2. The van der Waals surface area contributed by atoms with E-state index in [-0.39, 0.29) is 24.5 Å². The number of fused-ring (bicyclic) bond motifs is 3. The third-order valence-corrected chi connectivity index (χ3v) is 7.21. The lowest BCUT2D eigenvalue weighted by atomic mass is 10.0. The zero-order valence-corrected chi connectivity index (χ0v) is 19.4. The maximum Gasteiger partial charge on any atom is 0.242 e. The standard InChI is InChI=1S/C27H26N6O2/c1-16-2-7-25(33(16)26(35)13-29-15-34)27-30-12-24(32-27)18-4-6-22-20(9-18)10-19-8-17(3-5-21(19)22)23-11-28-14-31-23/h3-6,8-9,11-12,14-16,25H,2,7,10,13H2,1H3,(H,28,31)(H,29,34)(H,30,32)/t16-,25-/m0/s1. The van der Waals surface area contributed by atoms with Crippen molar-refractivity contribution in [3.05, 3.63) is 72.1 Å². The molecule has 2 atom stereocenters. The van der Waals surface area contributed by atoms with E-state index in [1.54, 1.807) is 6.33 Å². The summed E-state index contributed by atoms with van der Waals surface area (Å²) in [5, 5.41) is 2.48. The number of likely N-dealkylation sites (tertiary alicyclic amines) is 1. The molecule has 0 radical (unpaired) electrons. The highest BCUT2D eigenvalue weighted by Crippen LogP contribution is 2.40. The molecular weight excluding hydrogens is 440 g/mol. The van der Waals surface area contributed by atoms with E-state index in [0.717, 1.165) is 47.6 Å². The van der Waals surface area contributed by atoms with Gasteiger partial charge in [-0.3, -0.25) is 9.59 Å². The summed E-state index contributed by atoms with van der Waals surface area (Å²) in [5.74, 6) is 0.701. The Morgan fingerprint density at radius 1 is 1.09 bits per heavy atom. The van der Waals surface area contributed by atoms with Crippen LogP contribution in [-0.2, 0) is 16.0 Å². The van der Waals surface area contributed by atoms with Crippen LogP contribution in [0.25, 0.3) is 33.6 Å². The number of nitrogens with one attached hydrogen (secondary N) is 3. The van der Waals surface area contributed by atoms with Crippen molar-refractivity contribution in [2.24, 2.45) is 0 Å². The second-order valence-corrected chi connectivity index (χ2v) is 9.31. The fraction of sp³-hybridized carbons (Fsp3) is 0.259. The summed E-state index contributed by atoms with van der Waals surface area (Å²) in [7, 11) is 0. The summed E-state index contributed by atoms with van der Waals surface area (Å²) >= 11 is 0. The molecule has 176 valence electrons. The molecule has 35 heavy (non-hydrogen) atoms. The van der Waals surface area contributed by atoms with E-state index in [2.05, 4.69) is 61.7 Å². The summed E-state index contributed by atoms with van der Waals surface area (Å²) in [5.41, 5.74) is 9.33. The number of nitrogens with zero attached hydrogens (tertiary/aromatic N) is 3. The van der Waals surface area contributed by atoms with Crippen LogP contribution in [0.4, 0.5) is 0 Å². The van der Waals surface area contributed by atoms with Crippen LogP contribution in [0.1, 0.15) is 42.8 Å². The lowest BCUT2D eigenvalue weighted by molar-refractivity contribution is -0.134. The second kappa shape index (κ2) is 8.54. The maximum atomic E-state index is 12.7. The number of amides is 2. The molecule has 3 N–H and O–H groups in total. The van der Waals surface area contributed by atoms with Crippen molar-refractivity contribution in [3.63, 3.8) is 0 Å². The lowest BCUT2D eigenvalue weighted by Gasteiger charge is -2.27. The third kappa shape index (κ3) is 3.71. The molecule has 2 amide bonds. The summed E-state index contributed by atoms with van der Waals surface area (Å²) < 4.78 is 0. The zero-order chi connectivity index (χ0) is 23.9. The first kappa shape index (κ1) is 21.3. The number of aromatic amines is 2. The van der Waals surface area contributed by atoms with Crippen molar-refractivity contribution in [2.75, 3.05) is 6.54 Å². The number of rotatable bonds is 6. The molecule has 8 nitrogen and oxygen atoms in total. The zero-order valence-electron chi connectivity index (χ0n) is 19.4. The Morgan fingerprint density at radius 2 is 1.83 bits per heavy atom. The van der Waals surface area contributed by atoms with Crippen LogP contribution < -0.4 is 5.32 Å². The number of carbonyl (C=O) groups excluding carboxylic acids is 2. The van der Waals surface area contributed by atoms with Gasteiger partial charge in [-0.05, 0) is 71.7 Å². The van der Waals surface area contributed by atoms with Crippen LogP contribution in [0.15, 0.2) is 55.1 Å². The van der Waals surface area contributed by atoms with Crippen LogP contribution in [-0.4, -0.2) is 49.7 Å². The first-order chi connectivity index (χ1) is 17.1. The minimum atomic E-state index is -0.112. The van der Waals surface area contributed by atoms with Gasteiger partial charge in [0.15, 0.2) is 0 Å². The smallest absolute Gasteiger partial charge is 0.242 e. The van der Waals surface area contributed by atoms with Crippen LogP contribution in [0, 0.1) is 0 Å². The Labute approximate surface area is 202 Å². The van der Waals surface area contributed by atoms with Crippen molar-refractivity contribution in [1.29, 1.82) is 0 Å². The van der Waals surface area contributed by atoms with E-state index in [4.69, 9.17) is 0 Å². The molecule has 1 aliphatic carbocycles. The molecule has 2 aromatic carbocycles. The molecule has 3 heterocycles. The molecule has 0 spiro atoms. The fourth-order valence-corrected chi connectivity index (χ4v) is 5.50. The topological polar surface area (TPSA) is 107 Å². The molecule has 1 aliphatic heterocycles. The third-order valence-electron chi connectivity index (χ3n) is 7.21. The van der Waals surface area contributed by atoms with Gasteiger partial charge >= 0.3 is 0 Å². The van der Waals surface area contributed by atoms with Crippen molar-refractivity contribution >= 4 is 12.3 Å². The van der Waals surface area contributed by atoms with Crippen molar-refractivity contribution in [3.8, 4) is 33.6 Å². The largest absolute Gasteiger partial charge is 0.350 e. The average molecular weight is 467 g/mol. The monoisotopic (exact) mass is 466 g/mol. The Morgan fingerprint density at radius 3 is 2.51 bits per heavy atom. The molecule has 0 unspecified atom stereocenters. The van der Waals surface area contributed by atoms with Crippen LogP contribution in [0.5, 0.6) is 0 Å². The lowest BCUT2D eigenvalue weighted by Crippen LogP contribution is -2.41. The maximum absolute atomic E-state index is 12.7. The molecular formula is C27H26N6O2. The quantitative estimate of drug-likeness (QED) is 0.331. The SMILES string of the molecule is C[C@H]1CC[C@@H](c2ncc(-c3ccc4c(c3)Cc3cc(-c5cnc[nH]5)ccc3-4)[nH]2)N1C(=O)CNC=O. The van der Waals surface area contributed by atoms with Crippen molar-refractivity contribution < 1.29 is 9.59 Å². The Hall–Kier alpha value is -4.20. The summed E-state index contributed by atoms with van der Waals surface area (Å²) in [6.07, 6.45) is 8.59. The molecule has 6 rings (SSSR count). The number of benzene rings is 2. The number of carbonyl (C=O) groups is 2. The molecule has 2 aromatic heterocycles. The van der Waals surface area contributed by atoms with Gasteiger partial charge in [-0.15, -0.1) is 0 Å². The number of H-pyrrole nitrogens is 2. The van der Waals surface area contributed by atoms with E-state index < -0.39 is 0 Å². The van der Waals surface area contributed by atoms with Gasteiger partial charge in [0.2, 0.25) is 12.3 Å². The molecule has 4 aromatic rings. The van der Waals surface area contributed by atoms with Crippen LogP contribution in [0.2, 0.25) is 0 Å². The second-order valence-electron chi connectivity index (χ2n) is 9.31. The van der Waals surface area contributed by atoms with Gasteiger partial charge in [-0.25, -0.2) is 9.97 Å². The average Bonchev–Trinajstić information content (AvgIpc) is 3.67. The Bertz CT molecular complexity index is 1410. The molecule has 1 saturated heterocycles. The first-order valence-corrected chi connectivity index (χ1v) is 11.9. The van der Waals surface area contributed by atoms with E-state index in [1.165, 1.54) is 22.3 Å². The van der Waals surface area contributed by atoms with Gasteiger partial charge in [0, 0.05) is 6.04 Å². The minimum Gasteiger partial charge on any atom is -0.350 e. The highest BCUT2D eigenvalue weighted by Gasteiger charge is 2.36. The van der Waals surface area contributed by atoms with Gasteiger partial charge in [0.25, 0.3) is 0 Å². The van der Waals surface area contributed by atoms with Crippen LogP contribution >= 0.6 is 0 Å². The van der Waals surface area contributed by atoms with Gasteiger partial charge in [0.1, 0.15) is 5.82 Å². The van der Waals surface area contributed by atoms with E-state index in [0.29, 0.717) is 6.41 Å². The number of hydrogen-bond donors (Lipinski definition) is 3. The van der Waals surface area contributed by atoms with Gasteiger partial charge in [0.05, 0.1) is 42.7 Å². The highest BCUT2D eigenvalue weighted by atomic mass is 16.2. The highest BCUT2D eigenvalue weighted by molar-refractivity contribution is 5.82. The molecule has 0 saturated carbocycles. The van der Waals surface area contributed by atoms with Gasteiger partial charge < -0.3 is 20.2 Å². The molecule has 8 heteroatoms. The Balaban J connectivity index is 1.25. The van der Waals surface area contributed by atoms with Gasteiger partial charge in [-0.2, -0.15) is 0 Å². The van der Waals surface area contributed by atoms with E-state index >= 15 is 0 Å². The van der Waals surface area contributed by atoms with Gasteiger partial charge in [-0.1, -0.05) is 24.3 Å². The number of aromatic nitrogens is 4. The van der Waals surface area contributed by atoms with Crippen LogP contribution in [0.3, 0.4) is 0 Å². The van der Waals surface area contributed by atoms with Crippen molar-refractivity contribution in [2.45, 2.75) is 38.3 Å². The summed E-state index contributed by atoms with van der Waals surface area (Å²) in [4.78, 5) is 40.6. The van der Waals surface area contributed by atoms with E-state index in [9.17, 15) is 9.59 Å². The predicted molar refractivity (Wildman–Crippen MR) is 132 cm³/mol. The first-order valence-electron chi connectivity index (χ1n) is 11.9. The Kier molecular flexibility index (Phi) is 5.21. The predicted octanol–water partition coefficient (Wildman–Crippen LogP) is 3.84. The fourth-order valence-electron chi connectivity index (χ4n) is 5.50. The van der Waals surface area contributed by atoms with Crippen molar-refractivity contribution in [1.82, 2.24) is 30.2 Å². The number of hydrogen-bond acceptors (Lipinski definition) is 4. The minimum absolute atomic E-state index is 0.00533. The normalized spacial score (nSPS) is 18.4. The molecule has 2 aliphatic rings. The van der Waals surface area contributed by atoms with E-state index in [1.807, 2.05) is 24.2 Å². The molecule has 0 bridgehead atoms. The summed E-state index contributed by atoms with van der Waals surface area (Å²) in [6.45, 7) is 2.05.